The van der Waals surface area contributed by atoms with Gasteiger partial charge >= 0.3 is 0 Å². The zero-order valence-corrected chi connectivity index (χ0v) is 18.2. The Kier molecular flexibility index (Phi) is 6.38. The van der Waals surface area contributed by atoms with Gasteiger partial charge in [-0.2, -0.15) is 4.72 Å². The number of carbonyl (C=O) groups excluding carboxylic acids is 1. The summed E-state index contributed by atoms with van der Waals surface area (Å²) in [4.78, 5) is 12.5. The minimum Gasteiger partial charge on any atom is -0.360 e. The molecule has 0 saturated heterocycles. The molecule has 158 valence electrons. The quantitative estimate of drug-likeness (QED) is 0.601. The second-order valence-electron chi connectivity index (χ2n) is 7.21. The molecule has 0 aliphatic heterocycles. The zero-order valence-electron chi connectivity index (χ0n) is 17.3. The van der Waals surface area contributed by atoms with Crippen LogP contribution in [0.15, 0.2) is 64.0 Å². The molecule has 0 spiro atoms. The average Bonchev–Trinajstić information content (AvgIpc) is 3.07. The standard InChI is InChI=1S/C22H25N3O4S/c1-14(18-10-12-20(13-11-18)19-8-6-5-7-9-19)23-22(26)16(3)25-30(27,28)21-15(2)24-29-17(21)4/h5-14,16,25H,1-4H3,(H,23,26)/t14-,16-/m1/s1. The van der Waals surface area contributed by atoms with Gasteiger partial charge in [-0.05, 0) is 44.4 Å². The van der Waals surface area contributed by atoms with Crippen LogP contribution in [0.3, 0.4) is 0 Å². The van der Waals surface area contributed by atoms with Crippen molar-refractivity contribution in [1.29, 1.82) is 0 Å². The van der Waals surface area contributed by atoms with Gasteiger partial charge in [-0.15, -0.1) is 0 Å². The van der Waals surface area contributed by atoms with E-state index in [1.807, 2.05) is 61.5 Å². The molecule has 0 aliphatic carbocycles. The Balaban J connectivity index is 1.65. The smallest absolute Gasteiger partial charge is 0.246 e. The molecule has 3 aromatic rings. The number of aromatic nitrogens is 1. The minimum absolute atomic E-state index is 0.0355. The maximum atomic E-state index is 12.6. The van der Waals surface area contributed by atoms with E-state index in [0.717, 1.165) is 16.7 Å². The lowest BCUT2D eigenvalue weighted by atomic mass is 10.0. The van der Waals surface area contributed by atoms with Gasteiger partial charge in [0.25, 0.3) is 0 Å². The van der Waals surface area contributed by atoms with Gasteiger partial charge in [-0.1, -0.05) is 59.8 Å². The number of nitrogens with one attached hydrogen (secondary N) is 2. The third-order valence-electron chi connectivity index (χ3n) is 4.84. The Bertz CT molecular complexity index is 1100. The number of sulfonamides is 1. The van der Waals surface area contributed by atoms with E-state index in [1.54, 1.807) is 0 Å². The molecule has 8 heteroatoms. The van der Waals surface area contributed by atoms with Crippen LogP contribution in [0.2, 0.25) is 0 Å². The normalized spacial score (nSPS) is 13.6. The molecule has 2 atom stereocenters. The van der Waals surface area contributed by atoms with E-state index in [4.69, 9.17) is 4.52 Å². The number of hydrogen-bond acceptors (Lipinski definition) is 5. The summed E-state index contributed by atoms with van der Waals surface area (Å²) >= 11 is 0. The molecule has 0 bridgehead atoms. The van der Waals surface area contributed by atoms with Gasteiger partial charge < -0.3 is 9.84 Å². The summed E-state index contributed by atoms with van der Waals surface area (Å²) < 4.78 is 32.5. The summed E-state index contributed by atoms with van der Waals surface area (Å²) in [5.74, 6) is -0.246. The fourth-order valence-electron chi connectivity index (χ4n) is 3.22. The van der Waals surface area contributed by atoms with Crippen molar-refractivity contribution in [2.24, 2.45) is 0 Å². The van der Waals surface area contributed by atoms with Crippen molar-refractivity contribution in [2.75, 3.05) is 0 Å². The van der Waals surface area contributed by atoms with Crippen molar-refractivity contribution < 1.29 is 17.7 Å². The Labute approximate surface area is 176 Å². The van der Waals surface area contributed by atoms with Crippen molar-refractivity contribution in [1.82, 2.24) is 15.2 Å². The predicted octanol–water partition coefficient (Wildman–Crippen LogP) is 3.50. The summed E-state index contributed by atoms with van der Waals surface area (Å²) in [6.07, 6.45) is 0. The van der Waals surface area contributed by atoms with Crippen LogP contribution in [0, 0.1) is 13.8 Å². The van der Waals surface area contributed by atoms with Crippen LogP contribution >= 0.6 is 0 Å². The highest BCUT2D eigenvalue weighted by molar-refractivity contribution is 7.89. The average molecular weight is 428 g/mol. The van der Waals surface area contributed by atoms with Gasteiger partial charge in [-0.3, -0.25) is 4.79 Å². The molecule has 2 aromatic carbocycles. The molecule has 1 amide bonds. The summed E-state index contributed by atoms with van der Waals surface area (Å²) in [6, 6.07) is 16.7. The van der Waals surface area contributed by atoms with Crippen LogP contribution < -0.4 is 10.0 Å². The predicted molar refractivity (Wildman–Crippen MR) is 114 cm³/mol. The van der Waals surface area contributed by atoms with E-state index < -0.39 is 22.0 Å². The van der Waals surface area contributed by atoms with E-state index >= 15 is 0 Å². The second-order valence-corrected chi connectivity index (χ2v) is 8.87. The van der Waals surface area contributed by atoms with Crippen LogP contribution in [0.1, 0.15) is 36.9 Å². The van der Waals surface area contributed by atoms with Gasteiger partial charge in [0.1, 0.15) is 10.6 Å². The Hall–Kier alpha value is -2.97. The second kappa shape index (κ2) is 8.81. The van der Waals surface area contributed by atoms with Crippen LogP contribution in [-0.2, 0) is 14.8 Å². The summed E-state index contributed by atoms with van der Waals surface area (Å²) in [5.41, 5.74) is 3.37. The number of rotatable bonds is 7. The summed E-state index contributed by atoms with van der Waals surface area (Å²) in [7, 11) is -3.93. The number of aryl methyl sites for hydroxylation is 2. The number of benzene rings is 2. The molecule has 0 saturated carbocycles. The Morgan fingerprint density at radius 2 is 1.57 bits per heavy atom. The molecule has 0 radical (unpaired) electrons. The van der Waals surface area contributed by atoms with Crippen LogP contribution in [0.4, 0.5) is 0 Å². The van der Waals surface area contributed by atoms with E-state index in [9.17, 15) is 13.2 Å². The molecule has 0 fully saturated rings. The van der Waals surface area contributed by atoms with Crippen molar-refractivity contribution in [3.8, 4) is 11.1 Å². The number of amides is 1. The van der Waals surface area contributed by atoms with Crippen molar-refractivity contribution in [3.63, 3.8) is 0 Å². The molecule has 0 unspecified atom stereocenters. The third-order valence-corrected chi connectivity index (χ3v) is 6.62. The van der Waals surface area contributed by atoms with Crippen molar-refractivity contribution in [2.45, 2.75) is 44.7 Å². The van der Waals surface area contributed by atoms with Gasteiger partial charge in [0.2, 0.25) is 15.9 Å². The molecule has 1 aromatic heterocycles. The summed E-state index contributed by atoms with van der Waals surface area (Å²) in [5, 5.41) is 6.50. The SMILES string of the molecule is Cc1noc(C)c1S(=O)(=O)N[C@H](C)C(=O)N[C@H](C)c1ccc(-c2ccccc2)cc1. The highest BCUT2D eigenvalue weighted by atomic mass is 32.2. The van der Waals surface area contributed by atoms with Gasteiger partial charge in [0.05, 0.1) is 12.1 Å². The third kappa shape index (κ3) is 4.77. The van der Waals surface area contributed by atoms with Crippen LogP contribution in [-0.4, -0.2) is 25.5 Å². The summed E-state index contributed by atoms with van der Waals surface area (Å²) in [6.45, 7) is 6.40. The maximum Gasteiger partial charge on any atom is 0.246 e. The van der Waals surface area contributed by atoms with E-state index in [2.05, 4.69) is 15.2 Å². The van der Waals surface area contributed by atoms with Crippen LogP contribution in [0.5, 0.6) is 0 Å². The number of hydrogen-bond donors (Lipinski definition) is 2. The van der Waals surface area contributed by atoms with E-state index in [-0.39, 0.29) is 22.4 Å². The first-order valence-electron chi connectivity index (χ1n) is 9.60. The molecule has 3 rings (SSSR count). The molecule has 7 nitrogen and oxygen atoms in total. The molecule has 30 heavy (non-hydrogen) atoms. The Morgan fingerprint density at radius 1 is 0.967 bits per heavy atom. The number of carbonyl (C=O) groups is 1. The molecule has 2 N–H and O–H groups in total. The van der Waals surface area contributed by atoms with E-state index in [0.29, 0.717) is 0 Å². The monoisotopic (exact) mass is 427 g/mol. The molecular weight excluding hydrogens is 402 g/mol. The first-order chi connectivity index (χ1) is 14.2. The highest BCUT2D eigenvalue weighted by Crippen LogP contribution is 2.22. The minimum atomic E-state index is -3.93. The van der Waals surface area contributed by atoms with Crippen molar-refractivity contribution in [3.05, 3.63) is 71.6 Å². The molecule has 1 heterocycles. The Morgan fingerprint density at radius 3 is 2.13 bits per heavy atom. The van der Waals surface area contributed by atoms with Crippen LogP contribution in [0.25, 0.3) is 11.1 Å². The molecule has 0 aliphatic rings. The van der Waals surface area contributed by atoms with Gasteiger partial charge in [-0.25, -0.2) is 8.42 Å². The largest absolute Gasteiger partial charge is 0.360 e. The zero-order chi connectivity index (χ0) is 21.9. The van der Waals surface area contributed by atoms with Crippen molar-refractivity contribution >= 4 is 15.9 Å². The lowest BCUT2D eigenvalue weighted by Gasteiger charge is -2.19. The highest BCUT2D eigenvalue weighted by Gasteiger charge is 2.28. The lowest BCUT2D eigenvalue weighted by molar-refractivity contribution is -0.123. The fourth-order valence-corrected chi connectivity index (χ4v) is 4.75. The lowest BCUT2D eigenvalue weighted by Crippen LogP contribution is -2.45. The topological polar surface area (TPSA) is 101 Å². The van der Waals surface area contributed by atoms with Gasteiger partial charge in [0.15, 0.2) is 5.76 Å². The first kappa shape index (κ1) is 21.7. The van der Waals surface area contributed by atoms with E-state index in [1.165, 1.54) is 20.8 Å². The molecular formula is C22H25N3O4S. The number of nitrogens with zero attached hydrogens (tertiary/aromatic N) is 1. The van der Waals surface area contributed by atoms with Gasteiger partial charge in [0, 0.05) is 0 Å². The maximum absolute atomic E-state index is 12.6. The fraction of sp³-hybridized carbons (Fsp3) is 0.273. The first-order valence-corrected chi connectivity index (χ1v) is 11.1.